The zero-order valence-corrected chi connectivity index (χ0v) is 8.71. The molecule has 1 heteroatoms. The van der Waals surface area contributed by atoms with Crippen LogP contribution in [0.2, 0.25) is 0 Å². The Morgan fingerprint density at radius 1 is 1.07 bits per heavy atom. The molecule has 0 nitrogen and oxygen atoms in total. The Morgan fingerprint density at radius 2 is 1.93 bits per heavy atom. The fourth-order valence-electron chi connectivity index (χ4n) is 2.13. The van der Waals surface area contributed by atoms with Gasteiger partial charge in [-0.15, -0.1) is 0 Å². The van der Waals surface area contributed by atoms with Crippen molar-refractivity contribution in [2.45, 2.75) is 11.3 Å². The van der Waals surface area contributed by atoms with E-state index in [1.54, 1.807) is 4.91 Å². The molecule has 0 N–H and O–H groups in total. The summed E-state index contributed by atoms with van der Waals surface area (Å²) < 4.78 is 0. The molecule has 3 rings (SSSR count). The summed E-state index contributed by atoms with van der Waals surface area (Å²) in [5.74, 6) is 1.44. The fourth-order valence-corrected chi connectivity index (χ4v) is 3.27. The van der Waals surface area contributed by atoms with Crippen LogP contribution in [0.5, 0.6) is 0 Å². The number of fused-ring (bicyclic) bond motifs is 2. The Hall–Kier alpha value is -0.950. The Morgan fingerprint density at radius 3 is 2.57 bits per heavy atom. The minimum atomic E-state index is 0.713. The zero-order chi connectivity index (χ0) is 9.38. The van der Waals surface area contributed by atoms with Gasteiger partial charge in [-0.2, -0.15) is 0 Å². The first-order chi connectivity index (χ1) is 6.92. The number of hydrogen-bond acceptors (Lipinski definition) is 1. The molecule has 0 unspecified atom stereocenters. The van der Waals surface area contributed by atoms with Crippen molar-refractivity contribution in [3.05, 3.63) is 53.5 Å². The molecular formula is C13H12S. The Bertz CT molecular complexity index is 389. The van der Waals surface area contributed by atoms with Crippen LogP contribution in [-0.2, 0) is 0 Å². The van der Waals surface area contributed by atoms with E-state index in [0.29, 0.717) is 5.92 Å². The molecule has 0 fully saturated rings. The normalized spacial score (nSPS) is 28.1. The summed E-state index contributed by atoms with van der Waals surface area (Å²) in [6.07, 6.45) is 8.42. The Kier molecular flexibility index (Phi) is 1.98. The lowest BCUT2D eigenvalue weighted by molar-refractivity contribution is 0.728. The van der Waals surface area contributed by atoms with Crippen LogP contribution in [0, 0.1) is 11.8 Å². The van der Waals surface area contributed by atoms with Gasteiger partial charge >= 0.3 is 0 Å². The molecule has 0 heterocycles. The van der Waals surface area contributed by atoms with Crippen LogP contribution < -0.4 is 0 Å². The maximum atomic E-state index is 2.42. The van der Waals surface area contributed by atoms with Crippen LogP contribution in [0.15, 0.2) is 58.4 Å². The summed E-state index contributed by atoms with van der Waals surface area (Å²) in [6, 6.07) is 10.6. The van der Waals surface area contributed by atoms with E-state index in [-0.39, 0.29) is 0 Å². The molecule has 2 aliphatic rings. The molecule has 70 valence electrons. The van der Waals surface area contributed by atoms with Gasteiger partial charge in [0.05, 0.1) is 0 Å². The molecule has 0 saturated carbocycles. The first kappa shape index (κ1) is 8.37. The number of benzene rings is 1. The molecule has 14 heavy (non-hydrogen) atoms. The highest BCUT2D eigenvalue weighted by Crippen LogP contribution is 2.45. The first-order valence-electron chi connectivity index (χ1n) is 5.05. The van der Waals surface area contributed by atoms with Crippen LogP contribution in [0.25, 0.3) is 0 Å². The molecule has 0 radical (unpaired) electrons. The topological polar surface area (TPSA) is 0 Å². The predicted octanol–water partition coefficient (Wildman–Crippen LogP) is 3.87. The molecule has 0 aliphatic heterocycles. The van der Waals surface area contributed by atoms with Crippen LogP contribution in [0.1, 0.15) is 6.42 Å². The second-order valence-corrected chi connectivity index (χ2v) is 5.02. The standard InChI is InChI=1S/C13H12S/c1-2-4-12(5-3-1)14-13-9-10-6-7-11(13)8-10/h1-7,9-11H,8H2/t10-,11+/m1/s1. The van der Waals surface area contributed by atoms with E-state index in [9.17, 15) is 0 Å². The SMILES string of the molecule is C1=C[C@H]2C[C@@H]1C=C2Sc1ccccc1. The molecule has 0 aromatic heterocycles. The van der Waals surface area contributed by atoms with Gasteiger partial charge in [-0.1, -0.05) is 48.2 Å². The Labute approximate surface area is 88.7 Å². The second-order valence-electron chi connectivity index (χ2n) is 3.88. The second kappa shape index (κ2) is 3.32. The van der Waals surface area contributed by atoms with E-state index in [0.717, 1.165) is 5.92 Å². The van der Waals surface area contributed by atoms with Crippen LogP contribution in [0.3, 0.4) is 0 Å². The summed E-state index contributed by atoms with van der Waals surface area (Å²) in [7, 11) is 0. The largest absolute Gasteiger partial charge is 0.0942 e. The maximum absolute atomic E-state index is 2.42. The summed E-state index contributed by atoms with van der Waals surface area (Å²) >= 11 is 1.92. The van der Waals surface area contributed by atoms with Crippen molar-refractivity contribution < 1.29 is 0 Å². The molecule has 2 atom stereocenters. The smallest absolute Gasteiger partial charge is 0.0119 e. The van der Waals surface area contributed by atoms with Gasteiger partial charge in [-0.25, -0.2) is 0 Å². The van der Waals surface area contributed by atoms with E-state index < -0.39 is 0 Å². The van der Waals surface area contributed by atoms with E-state index in [1.807, 2.05) is 11.8 Å². The van der Waals surface area contributed by atoms with Crippen LogP contribution >= 0.6 is 11.8 Å². The summed E-state index contributed by atoms with van der Waals surface area (Å²) in [4.78, 5) is 2.91. The van der Waals surface area contributed by atoms with Crippen molar-refractivity contribution in [3.8, 4) is 0 Å². The van der Waals surface area contributed by atoms with Gasteiger partial charge in [0.1, 0.15) is 0 Å². The minimum absolute atomic E-state index is 0.713. The summed E-state index contributed by atoms with van der Waals surface area (Å²) in [5.41, 5.74) is 0. The van der Waals surface area contributed by atoms with Gasteiger partial charge in [0, 0.05) is 10.8 Å². The highest BCUT2D eigenvalue weighted by Gasteiger charge is 2.28. The molecule has 0 spiro atoms. The average Bonchev–Trinajstić information content (AvgIpc) is 2.81. The van der Waals surface area contributed by atoms with Crippen molar-refractivity contribution >= 4 is 11.8 Å². The molecule has 0 amide bonds. The van der Waals surface area contributed by atoms with Crippen LogP contribution in [-0.4, -0.2) is 0 Å². The zero-order valence-electron chi connectivity index (χ0n) is 7.89. The molecule has 2 aliphatic carbocycles. The minimum Gasteiger partial charge on any atom is -0.0942 e. The van der Waals surface area contributed by atoms with E-state index in [4.69, 9.17) is 0 Å². The van der Waals surface area contributed by atoms with Gasteiger partial charge in [0.2, 0.25) is 0 Å². The summed E-state index contributed by atoms with van der Waals surface area (Å²) in [5, 5.41) is 0. The van der Waals surface area contributed by atoms with Crippen molar-refractivity contribution in [1.82, 2.24) is 0 Å². The van der Waals surface area contributed by atoms with Crippen molar-refractivity contribution in [2.24, 2.45) is 11.8 Å². The third-order valence-electron chi connectivity index (χ3n) is 2.84. The van der Waals surface area contributed by atoms with Gasteiger partial charge in [0.15, 0.2) is 0 Å². The number of allylic oxidation sites excluding steroid dienone is 4. The van der Waals surface area contributed by atoms with Crippen molar-refractivity contribution in [2.75, 3.05) is 0 Å². The third-order valence-corrected chi connectivity index (χ3v) is 4.02. The van der Waals surface area contributed by atoms with E-state index in [1.165, 1.54) is 11.3 Å². The molecular weight excluding hydrogens is 188 g/mol. The average molecular weight is 200 g/mol. The highest BCUT2D eigenvalue weighted by atomic mass is 32.2. The molecule has 2 bridgehead atoms. The van der Waals surface area contributed by atoms with E-state index >= 15 is 0 Å². The Balaban J connectivity index is 1.78. The lowest BCUT2D eigenvalue weighted by atomic mass is 10.2. The van der Waals surface area contributed by atoms with Gasteiger partial charge in [-0.3, -0.25) is 0 Å². The van der Waals surface area contributed by atoms with Crippen LogP contribution in [0.4, 0.5) is 0 Å². The highest BCUT2D eigenvalue weighted by molar-refractivity contribution is 8.03. The lowest BCUT2D eigenvalue weighted by Gasteiger charge is -2.08. The van der Waals surface area contributed by atoms with Gasteiger partial charge in [-0.05, 0) is 29.4 Å². The third kappa shape index (κ3) is 1.42. The molecule has 1 aromatic carbocycles. The lowest BCUT2D eigenvalue weighted by Crippen LogP contribution is -1.88. The van der Waals surface area contributed by atoms with Gasteiger partial charge in [0.25, 0.3) is 0 Å². The van der Waals surface area contributed by atoms with Gasteiger partial charge < -0.3 is 0 Å². The molecule has 0 saturated heterocycles. The number of rotatable bonds is 2. The molecule has 1 aromatic rings. The number of thioether (sulfide) groups is 1. The van der Waals surface area contributed by atoms with Crippen molar-refractivity contribution in [1.29, 1.82) is 0 Å². The predicted molar refractivity (Wildman–Crippen MR) is 61.1 cm³/mol. The van der Waals surface area contributed by atoms with E-state index in [2.05, 4.69) is 48.6 Å². The maximum Gasteiger partial charge on any atom is 0.0119 e. The quantitative estimate of drug-likeness (QED) is 0.653. The van der Waals surface area contributed by atoms with Crippen molar-refractivity contribution in [3.63, 3.8) is 0 Å². The monoisotopic (exact) mass is 200 g/mol. The number of hydrogen-bond donors (Lipinski definition) is 0. The first-order valence-corrected chi connectivity index (χ1v) is 5.86. The summed E-state index contributed by atoms with van der Waals surface area (Å²) in [6.45, 7) is 0. The fraction of sp³-hybridized carbons (Fsp3) is 0.231.